The number of nitrogens with one attached hydrogen (secondary N) is 1. The van der Waals surface area contributed by atoms with E-state index in [1.807, 2.05) is 30.3 Å². The summed E-state index contributed by atoms with van der Waals surface area (Å²) in [6, 6.07) is 13.4. The van der Waals surface area contributed by atoms with E-state index in [1.54, 1.807) is 25.4 Å². The van der Waals surface area contributed by atoms with Crippen LogP contribution in [-0.2, 0) is 17.7 Å². The van der Waals surface area contributed by atoms with E-state index in [-0.39, 0.29) is 5.69 Å². The highest BCUT2D eigenvalue weighted by Gasteiger charge is 2.17. The molecule has 0 bridgehead atoms. The molecule has 0 radical (unpaired) electrons. The molecule has 3 aromatic rings. The fourth-order valence-electron chi connectivity index (χ4n) is 2.82. The molecule has 1 N–H and O–H groups in total. The summed E-state index contributed by atoms with van der Waals surface area (Å²) in [5.41, 5.74) is 1.57. The van der Waals surface area contributed by atoms with Crippen molar-refractivity contribution in [2.45, 2.75) is 19.4 Å². The zero-order chi connectivity index (χ0) is 19.1. The Labute approximate surface area is 157 Å². The lowest BCUT2D eigenvalue weighted by Crippen LogP contribution is -2.36. The number of hydrogen-bond acceptors (Lipinski definition) is 5. The number of methoxy groups -OCH3 is 1. The molecule has 0 unspecified atom stereocenters. The monoisotopic (exact) mass is 366 g/mol. The summed E-state index contributed by atoms with van der Waals surface area (Å²) in [5.74, 6) is -0.477. The van der Waals surface area contributed by atoms with Crippen molar-refractivity contribution < 1.29 is 9.53 Å². The molecule has 7 nitrogen and oxygen atoms in total. The van der Waals surface area contributed by atoms with Gasteiger partial charge in [0.2, 0.25) is 0 Å². The quantitative estimate of drug-likeness (QED) is 0.615. The topological polar surface area (TPSA) is 86.1 Å². The first kappa shape index (κ1) is 18.7. The maximum absolute atomic E-state index is 12.9. The van der Waals surface area contributed by atoms with Crippen molar-refractivity contribution in [2.24, 2.45) is 0 Å². The minimum absolute atomic E-state index is 0.110. The summed E-state index contributed by atoms with van der Waals surface area (Å²) in [6.45, 7) is 1.38. The Balaban J connectivity index is 1.90. The van der Waals surface area contributed by atoms with Crippen LogP contribution in [0.1, 0.15) is 22.5 Å². The van der Waals surface area contributed by atoms with Crippen LogP contribution in [-0.4, -0.2) is 40.7 Å². The summed E-state index contributed by atoms with van der Waals surface area (Å²) < 4.78 is 6.49. The van der Waals surface area contributed by atoms with Crippen molar-refractivity contribution >= 4 is 17.1 Å². The molecular formula is C20H22N4O3. The highest BCUT2D eigenvalue weighted by molar-refractivity contribution is 5.93. The Morgan fingerprint density at radius 1 is 1.19 bits per heavy atom. The number of amides is 1. The maximum Gasteiger partial charge on any atom is 0.283 e. The molecule has 2 aromatic heterocycles. The highest BCUT2D eigenvalue weighted by Crippen LogP contribution is 2.09. The molecule has 140 valence electrons. The standard InChI is InChI=1S/C20H22N4O3/c1-27-14-6-12-22-19(25)17-20(26)24(13-10-15-7-3-2-4-8-15)18-16(23-17)9-5-11-21-18/h2-5,7-9,11H,6,10,12-14H2,1H3,(H,22,25). The van der Waals surface area contributed by atoms with Gasteiger partial charge in [0.05, 0.1) is 0 Å². The summed E-state index contributed by atoms with van der Waals surface area (Å²) in [5, 5.41) is 2.73. The Morgan fingerprint density at radius 3 is 2.78 bits per heavy atom. The molecule has 1 aromatic carbocycles. The number of nitrogens with zero attached hydrogens (tertiary/aromatic N) is 3. The molecule has 1 amide bonds. The first-order valence-electron chi connectivity index (χ1n) is 8.87. The number of rotatable bonds is 8. The lowest BCUT2D eigenvalue weighted by atomic mass is 10.1. The SMILES string of the molecule is COCCCNC(=O)c1nc2cccnc2n(CCc2ccccc2)c1=O. The van der Waals surface area contributed by atoms with Crippen LogP contribution in [0.25, 0.3) is 11.2 Å². The Kier molecular flexibility index (Phi) is 6.27. The number of benzene rings is 1. The molecule has 0 aliphatic rings. The third-order valence-electron chi connectivity index (χ3n) is 4.19. The first-order chi connectivity index (χ1) is 13.2. The molecule has 0 saturated carbocycles. The zero-order valence-corrected chi connectivity index (χ0v) is 15.2. The first-order valence-corrected chi connectivity index (χ1v) is 8.87. The van der Waals surface area contributed by atoms with Crippen LogP contribution in [0.5, 0.6) is 0 Å². The van der Waals surface area contributed by atoms with Crippen molar-refractivity contribution in [3.05, 3.63) is 70.3 Å². The number of fused-ring (bicyclic) bond motifs is 1. The molecular weight excluding hydrogens is 344 g/mol. The van der Waals surface area contributed by atoms with Crippen molar-refractivity contribution in [2.75, 3.05) is 20.3 Å². The second-order valence-corrected chi connectivity index (χ2v) is 6.10. The molecule has 0 aliphatic carbocycles. The minimum atomic E-state index is -0.477. The van der Waals surface area contributed by atoms with Crippen molar-refractivity contribution in [3.8, 4) is 0 Å². The molecule has 27 heavy (non-hydrogen) atoms. The van der Waals surface area contributed by atoms with Crippen LogP contribution < -0.4 is 10.9 Å². The van der Waals surface area contributed by atoms with Gasteiger partial charge in [0.1, 0.15) is 5.52 Å². The number of carbonyl (C=O) groups excluding carboxylic acids is 1. The van der Waals surface area contributed by atoms with Gasteiger partial charge in [-0.2, -0.15) is 0 Å². The minimum Gasteiger partial charge on any atom is -0.385 e. The Hall–Kier alpha value is -3.06. The molecule has 7 heteroatoms. The lowest BCUT2D eigenvalue weighted by Gasteiger charge is -2.11. The van der Waals surface area contributed by atoms with Crippen LogP contribution in [0.15, 0.2) is 53.5 Å². The van der Waals surface area contributed by atoms with E-state index in [0.29, 0.717) is 43.7 Å². The molecule has 0 atom stereocenters. The third-order valence-corrected chi connectivity index (χ3v) is 4.19. The average molecular weight is 366 g/mol. The largest absolute Gasteiger partial charge is 0.385 e. The number of aromatic nitrogens is 3. The smallest absolute Gasteiger partial charge is 0.283 e. The Bertz CT molecular complexity index is 970. The Morgan fingerprint density at radius 2 is 2.00 bits per heavy atom. The second-order valence-electron chi connectivity index (χ2n) is 6.10. The normalized spacial score (nSPS) is 10.9. The van der Waals surface area contributed by atoms with Gasteiger partial charge in [0, 0.05) is 33.0 Å². The van der Waals surface area contributed by atoms with E-state index < -0.39 is 11.5 Å². The number of aryl methyl sites for hydroxylation is 2. The van der Waals surface area contributed by atoms with E-state index in [9.17, 15) is 9.59 Å². The van der Waals surface area contributed by atoms with Crippen LogP contribution >= 0.6 is 0 Å². The van der Waals surface area contributed by atoms with Gasteiger partial charge >= 0.3 is 0 Å². The van der Waals surface area contributed by atoms with Crippen LogP contribution in [0.4, 0.5) is 0 Å². The molecule has 0 fully saturated rings. The lowest BCUT2D eigenvalue weighted by molar-refractivity contribution is 0.0941. The van der Waals surface area contributed by atoms with Gasteiger partial charge in [-0.3, -0.25) is 14.2 Å². The predicted octanol–water partition coefficient (Wildman–Crippen LogP) is 1.80. The summed E-state index contributed by atoms with van der Waals surface area (Å²) in [4.78, 5) is 33.9. The number of ether oxygens (including phenoxy) is 1. The van der Waals surface area contributed by atoms with Gasteiger partial charge in [0.25, 0.3) is 11.5 Å². The number of hydrogen-bond donors (Lipinski definition) is 1. The molecule has 0 aliphatic heterocycles. The number of pyridine rings is 1. The van der Waals surface area contributed by atoms with Crippen LogP contribution in [0.2, 0.25) is 0 Å². The average Bonchev–Trinajstić information content (AvgIpc) is 2.71. The zero-order valence-electron chi connectivity index (χ0n) is 15.2. The second kappa shape index (κ2) is 9.05. The molecule has 0 spiro atoms. The molecule has 2 heterocycles. The van der Waals surface area contributed by atoms with Gasteiger partial charge in [-0.05, 0) is 30.5 Å². The maximum atomic E-state index is 12.9. The van der Waals surface area contributed by atoms with Crippen LogP contribution in [0.3, 0.4) is 0 Å². The predicted molar refractivity (Wildman–Crippen MR) is 103 cm³/mol. The van der Waals surface area contributed by atoms with Gasteiger partial charge in [-0.1, -0.05) is 30.3 Å². The van der Waals surface area contributed by atoms with E-state index in [0.717, 1.165) is 5.56 Å². The third kappa shape index (κ3) is 4.57. The van der Waals surface area contributed by atoms with Gasteiger partial charge in [-0.25, -0.2) is 9.97 Å². The van der Waals surface area contributed by atoms with Crippen molar-refractivity contribution in [1.29, 1.82) is 0 Å². The highest BCUT2D eigenvalue weighted by atomic mass is 16.5. The van der Waals surface area contributed by atoms with E-state index in [2.05, 4.69) is 15.3 Å². The summed E-state index contributed by atoms with van der Waals surface area (Å²) in [6.07, 6.45) is 2.94. The van der Waals surface area contributed by atoms with E-state index in [4.69, 9.17) is 4.74 Å². The fourth-order valence-corrected chi connectivity index (χ4v) is 2.82. The van der Waals surface area contributed by atoms with Crippen molar-refractivity contribution in [1.82, 2.24) is 19.9 Å². The van der Waals surface area contributed by atoms with Gasteiger partial charge < -0.3 is 10.1 Å². The van der Waals surface area contributed by atoms with Gasteiger partial charge in [-0.15, -0.1) is 0 Å². The van der Waals surface area contributed by atoms with Gasteiger partial charge in [0.15, 0.2) is 11.3 Å². The fraction of sp³-hybridized carbons (Fsp3) is 0.300. The van der Waals surface area contributed by atoms with Crippen LogP contribution in [0, 0.1) is 0 Å². The van der Waals surface area contributed by atoms with E-state index >= 15 is 0 Å². The van der Waals surface area contributed by atoms with E-state index in [1.165, 1.54) is 4.57 Å². The molecule has 0 saturated heterocycles. The number of carbonyl (C=O) groups is 1. The molecule has 3 rings (SSSR count). The summed E-state index contributed by atoms with van der Waals surface area (Å²) in [7, 11) is 1.60. The summed E-state index contributed by atoms with van der Waals surface area (Å²) >= 11 is 0. The van der Waals surface area contributed by atoms with Crippen molar-refractivity contribution in [3.63, 3.8) is 0 Å².